The second-order valence-electron chi connectivity index (χ2n) is 4.91. The fraction of sp³-hybridized carbons (Fsp3) is 0.250. The van der Waals surface area contributed by atoms with Gasteiger partial charge in [0, 0.05) is 5.70 Å². The zero-order valence-electron chi connectivity index (χ0n) is 12.3. The van der Waals surface area contributed by atoms with Gasteiger partial charge in [0.1, 0.15) is 13.2 Å². The minimum absolute atomic E-state index is 0.252. The van der Waals surface area contributed by atoms with Crippen LogP contribution in [0.3, 0.4) is 0 Å². The van der Waals surface area contributed by atoms with Gasteiger partial charge in [0.05, 0.1) is 18.3 Å². The van der Waals surface area contributed by atoms with Gasteiger partial charge >= 0.3 is 5.97 Å². The number of hydrogen-bond donors (Lipinski definition) is 1. The molecule has 0 saturated heterocycles. The molecule has 0 radical (unpaired) electrons. The summed E-state index contributed by atoms with van der Waals surface area (Å²) in [4.78, 5) is 23.9. The van der Waals surface area contributed by atoms with Crippen molar-refractivity contribution in [3.05, 3.63) is 40.6 Å². The molecule has 6 heteroatoms. The number of rotatable bonds is 2. The number of methoxy groups -OCH3 is 1. The smallest absolute Gasteiger partial charge is 0.340 e. The minimum atomic E-state index is -0.542. The van der Waals surface area contributed by atoms with Gasteiger partial charge in [-0.2, -0.15) is 0 Å². The van der Waals surface area contributed by atoms with Gasteiger partial charge in [-0.25, -0.2) is 4.79 Å². The highest BCUT2D eigenvalue weighted by Crippen LogP contribution is 2.32. The number of esters is 1. The first-order chi connectivity index (χ1) is 10.6. The van der Waals surface area contributed by atoms with Gasteiger partial charge in [0.15, 0.2) is 11.5 Å². The number of nitrogens with one attached hydrogen (secondary N) is 1. The minimum Gasteiger partial charge on any atom is -0.486 e. The summed E-state index contributed by atoms with van der Waals surface area (Å²) in [6.45, 7) is 2.67. The van der Waals surface area contributed by atoms with E-state index in [9.17, 15) is 9.59 Å². The maximum Gasteiger partial charge on any atom is 0.340 e. The van der Waals surface area contributed by atoms with E-state index < -0.39 is 5.97 Å². The highest BCUT2D eigenvalue weighted by molar-refractivity contribution is 6.16. The number of ether oxygens (including phenoxy) is 3. The van der Waals surface area contributed by atoms with Gasteiger partial charge in [-0.15, -0.1) is 0 Å². The largest absolute Gasteiger partial charge is 0.486 e. The van der Waals surface area contributed by atoms with Crippen molar-refractivity contribution in [2.24, 2.45) is 0 Å². The van der Waals surface area contributed by atoms with Crippen molar-refractivity contribution in [3.8, 4) is 11.5 Å². The van der Waals surface area contributed by atoms with Crippen LogP contribution in [0.25, 0.3) is 6.08 Å². The molecule has 2 heterocycles. The monoisotopic (exact) mass is 301 g/mol. The zero-order chi connectivity index (χ0) is 15.7. The van der Waals surface area contributed by atoms with Crippen molar-refractivity contribution in [3.63, 3.8) is 0 Å². The summed E-state index contributed by atoms with van der Waals surface area (Å²) in [6.07, 6.45) is 1.64. The number of amides is 1. The van der Waals surface area contributed by atoms with Gasteiger partial charge < -0.3 is 19.5 Å². The number of carbonyl (C=O) groups excluding carboxylic acids is 2. The lowest BCUT2D eigenvalue weighted by Crippen LogP contribution is -2.16. The van der Waals surface area contributed by atoms with E-state index in [0.717, 1.165) is 5.56 Å². The van der Waals surface area contributed by atoms with Gasteiger partial charge in [-0.3, -0.25) is 4.79 Å². The van der Waals surface area contributed by atoms with Crippen molar-refractivity contribution >= 4 is 18.0 Å². The Morgan fingerprint density at radius 1 is 1.27 bits per heavy atom. The van der Waals surface area contributed by atoms with Crippen LogP contribution in [-0.4, -0.2) is 32.2 Å². The fourth-order valence-electron chi connectivity index (χ4n) is 2.43. The number of fused-ring (bicyclic) bond motifs is 1. The summed E-state index contributed by atoms with van der Waals surface area (Å²) in [5, 5.41) is 2.63. The Kier molecular flexibility index (Phi) is 3.58. The van der Waals surface area contributed by atoms with Gasteiger partial charge in [0.2, 0.25) is 0 Å². The van der Waals surface area contributed by atoms with Crippen LogP contribution in [0.2, 0.25) is 0 Å². The second kappa shape index (κ2) is 5.55. The Balaban J connectivity index is 2.00. The van der Waals surface area contributed by atoms with Crippen molar-refractivity contribution < 1.29 is 23.8 Å². The van der Waals surface area contributed by atoms with Gasteiger partial charge in [-0.05, 0) is 30.7 Å². The first-order valence-electron chi connectivity index (χ1n) is 6.82. The SMILES string of the molecule is COC(=O)C1=C(C)NC(=O)C1=Cc1ccc2c(c1)OCCO2. The standard InChI is InChI=1S/C16H15NO5/c1-9-14(16(19)20-2)11(15(18)17-9)7-10-3-4-12-13(8-10)22-6-5-21-12/h3-4,7-8H,5-6H2,1-2H3,(H,17,18). The van der Waals surface area contributed by atoms with E-state index in [1.807, 2.05) is 0 Å². The highest BCUT2D eigenvalue weighted by Gasteiger charge is 2.30. The third-order valence-corrected chi connectivity index (χ3v) is 3.46. The Morgan fingerprint density at radius 3 is 2.73 bits per heavy atom. The summed E-state index contributed by atoms with van der Waals surface area (Å²) < 4.78 is 15.7. The molecule has 1 N–H and O–H groups in total. The molecule has 22 heavy (non-hydrogen) atoms. The number of hydrogen-bond acceptors (Lipinski definition) is 5. The van der Waals surface area contributed by atoms with Gasteiger partial charge in [-0.1, -0.05) is 6.07 Å². The zero-order valence-corrected chi connectivity index (χ0v) is 12.3. The quantitative estimate of drug-likeness (QED) is 0.660. The lowest BCUT2D eigenvalue weighted by atomic mass is 10.0. The number of benzene rings is 1. The normalized spacial score (nSPS) is 18.5. The van der Waals surface area contributed by atoms with E-state index in [0.29, 0.717) is 30.4 Å². The maximum atomic E-state index is 12.0. The van der Waals surface area contributed by atoms with E-state index in [-0.39, 0.29) is 17.1 Å². The molecule has 0 unspecified atom stereocenters. The molecule has 2 aliphatic heterocycles. The van der Waals surface area contributed by atoms with E-state index in [1.54, 1.807) is 31.2 Å². The van der Waals surface area contributed by atoms with Crippen LogP contribution in [0.15, 0.2) is 35.0 Å². The predicted molar refractivity (Wildman–Crippen MR) is 78.3 cm³/mol. The molecule has 0 saturated carbocycles. The van der Waals surface area contributed by atoms with Crippen LogP contribution in [0.5, 0.6) is 11.5 Å². The average Bonchev–Trinajstić information content (AvgIpc) is 2.80. The molecule has 0 aromatic heterocycles. The molecule has 1 amide bonds. The molecule has 0 fully saturated rings. The highest BCUT2D eigenvalue weighted by atomic mass is 16.6. The molecule has 0 atom stereocenters. The molecule has 3 rings (SSSR count). The van der Waals surface area contributed by atoms with Crippen LogP contribution < -0.4 is 14.8 Å². The van der Waals surface area contributed by atoms with E-state index in [1.165, 1.54) is 7.11 Å². The van der Waals surface area contributed by atoms with E-state index >= 15 is 0 Å². The molecular formula is C16H15NO5. The molecule has 0 bridgehead atoms. The average molecular weight is 301 g/mol. The molecule has 1 aromatic rings. The Bertz CT molecular complexity index is 717. The number of allylic oxidation sites excluding steroid dienone is 1. The molecule has 2 aliphatic rings. The third-order valence-electron chi connectivity index (χ3n) is 3.46. The maximum absolute atomic E-state index is 12.0. The van der Waals surface area contributed by atoms with Crippen molar-refractivity contribution in [1.29, 1.82) is 0 Å². The van der Waals surface area contributed by atoms with Crippen LogP contribution in [0.4, 0.5) is 0 Å². The lowest BCUT2D eigenvalue weighted by Gasteiger charge is -2.18. The van der Waals surface area contributed by atoms with Crippen molar-refractivity contribution in [1.82, 2.24) is 5.32 Å². The lowest BCUT2D eigenvalue weighted by molar-refractivity contribution is -0.136. The summed E-state index contributed by atoms with van der Waals surface area (Å²) in [6, 6.07) is 5.36. The molecule has 0 spiro atoms. The summed E-state index contributed by atoms with van der Waals surface area (Å²) >= 11 is 0. The first-order valence-corrected chi connectivity index (χ1v) is 6.82. The molecule has 6 nitrogen and oxygen atoms in total. The predicted octanol–water partition coefficient (Wildman–Crippen LogP) is 1.42. The van der Waals surface area contributed by atoms with Gasteiger partial charge in [0.25, 0.3) is 5.91 Å². The van der Waals surface area contributed by atoms with E-state index in [4.69, 9.17) is 14.2 Å². The topological polar surface area (TPSA) is 73.9 Å². The molecular weight excluding hydrogens is 286 g/mol. The molecule has 1 aromatic carbocycles. The first kappa shape index (κ1) is 14.2. The van der Waals surface area contributed by atoms with E-state index in [2.05, 4.69) is 5.32 Å². The molecule has 0 aliphatic carbocycles. The van der Waals surface area contributed by atoms with Crippen LogP contribution in [0, 0.1) is 0 Å². The summed E-state index contributed by atoms with van der Waals surface area (Å²) in [7, 11) is 1.28. The van der Waals surface area contributed by atoms with Crippen molar-refractivity contribution in [2.75, 3.05) is 20.3 Å². The van der Waals surface area contributed by atoms with Crippen molar-refractivity contribution in [2.45, 2.75) is 6.92 Å². The molecule has 114 valence electrons. The summed E-state index contributed by atoms with van der Waals surface area (Å²) in [5.74, 6) is 0.427. The Morgan fingerprint density at radius 2 is 2.00 bits per heavy atom. The fourth-order valence-corrected chi connectivity index (χ4v) is 2.43. The van der Waals surface area contributed by atoms with Crippen LogP contribution in [-0.2, 0) is 14.3 Å². The second-order valence-corrected chi connectivity index (χ2v) is 4.91. The third kappa shape index (κ3) is 2.43. The van der Waals surface area contributed by atoms with Crippen LogP contribution in [0.1, 0.15) is 12.5 Å². The Hall–Kier alpha value is -2.76. The van der Waals surface area contributed by atoms with Crippen LogP contribution >= 0.6 is 0 Å². The number of carbonyl (C=O) groups is 2. The Labute approximate surface area is 127 Å². The summed E-state index contributed by atoms with van der Waals surface area (Å²) in [5.41, 5.74) is 1.76.